The SMILES string of the molecule is CNC(=O)/C(C#N)=c1\s/c(=C\c2cccc(OC)c2)c(=O)n1-c1ccccc1. The lowest BCUT2D eigenvalue weighted by Crippen LogP contribution is -2.33. The molecule has 0 fully saturated rings. The van der Waals surface area contributed by atoms with Gasteiger partial charge in [0.25, 0.3) is 11.5 Å². The highest BCUT2D eigenvalue weighted by molar-refractivity contribution is 7.07. The molecular formula is C21H17N3O3S. The van der Waals surface area contributed by atoms with Gasteiger partial charge in [-0.1, -0.05) is 30.3 Å². The summed E-state index contributed by atoms with van der Waals surface area (Å²) in [6.45, 7) is 0. The van der Waals surface area contributed by atoms with Crippen LogP contribution >= 0.6 is 11.3 Å². The van der Waals surface area contributed by atoms with Crippen LogP contribution in [0.3, 0.4) is 0 Å². The van der Waals surface area contributed by atoms with Crippen LogP contribution in [0.2, 0.25) is 0 Å². The van der Waals surface area contributed by atoms with Gasteiger partial charge >= 0.3 is 0 Å². The van der Waals surface area contributed by atoms with E-state index >= 15 is 0 Å². The Bertz CT molecular complexity index is 1230. The van der Waals surface area contributed by atoms with Crippen molar-refractivity contribution < 1.29 is 9.53 Å². The fraction of sp³-hybridized carbons (Fsp3) is 0.0952. The maximum atomic E-state index is 13.1. The fourth-order valence-electron chi connectivity index (χ4n) is 2.66. The lowest BCUT2D eigenvalue weighted by atomic mass is 10.2. The van der Waals surface area contributed by atoms with Crippen LogP contribution in [0.4, 0.5) is 0 Å². The Morgan fingerprint density at radius 2 is 1.96 bits per heavy atom. The molecule has 7 heteroatoms. The van der Waals surface area contributed by atoms with Crippen LogP contribution < -0.4 is 24.8 Å². The monoisotopic (exact) mass is 391 g/mol. The summed E-state index contributed by atoms with van der Waals surface area (Å²) in [5, 5.41) is 12.0. The normalized spacial score (nSPS) is 12.2. The van der Waals surface area contributed by atoms with Gasteiger partial charge in [-0.25, -0.2) is 0 Å². The van der Waals surface area contributed by atoms with Crippen LogP contribution in [0.25, 0.3) is 17.3 Å². The standard InChI is InChI=1S/C21H17N3O3S/c1-23-19(25)17(13-22)21-24(15-8-4-3-5-9-15)20(26)18(28-21)12-14-7-6-10-16(11-14)27-2/h3-12H,1-2H3,(H,23,25)/b18-12-,21-17-. The first-order chi connectivity index (χ1) is 13.6. The number of nitrogens with one attached hydrogen (secondary N) is 1. The molecule has 0 aliphatic rings. The fourth-order valence-corrected chi connectivity index (χ4v) is 3.77. The molecule has 0 unspecified atom stereocenters. The number of nitrogens with zero attached hydrogens (tertiary/aromatic N) is 2. The quantitative estimate of drug-likeness (QED) is 0.723. The Labute approximate surface area is 165 Å². The summed E-state index contributed by atoms with van der Waals surface area (Å²) in [5.74, 6) is 0.130. The zero-order chi connectivity index (χ0) is 20.1. The van der Waals surface area contributed by atoms with E-state index in [0.29, 0.717) is 16.0 Å². The number of thiazole rings is 1. The van der Waals surface area contributed by atoms with E-state index in [-0.39, 0.29) is 15.8 Å². The summed E-state index contributed by atoms with van der Waals surface area (Å²) in [7, 11) is 3.02. The third-order valence-corrected chi connectivity index (χ3v) is 5.10. The molecule has 0 saturated carbocycles. The Kier molecular flexibility index (Phi) is 5.72. The van der Waals surface area contributed by atoms with Gasteiger partial charge < -0.3 is 10.1 Å². The number of aromatic nitrogens is 1. The van der Waals surface area contributed by atoms with E-state index in [1.54, 1.807) is 43.5 Å². The zero-order valence-corrected chi connectivity index (χ0v) is 16.1. The van der Waals surface area contributed by atoms with Gasteiger partial charge in [-0.05, 0) is 35.9 Å². The molecule has 0 radical (unpaired) electrons. The summed E-state index contributed by atoms with van der Waals surface area (Å²) < 4.78 is 7.31. The molecule has 0 bridgehead atoms. The minimum absolute atomic E-state index is 0.112. The average molecular weight is 391 g/mol. The van der Waals surface area contributed by atoms with Gasteiger partial charge in [-0.15, -0.1) is 11.3 Å². The summed E-state index contributed by atoms with van der Waals surface area (Å²) in [6.07, 6.45) is 1.72. The first-order valence-corrected chi connectivity index (χ1v) is 9.20. The Morgan fingerprint density at radius 3 is 2.61 bits per heavy atom. The second kappa shape index (κ2) is 8.37. The van der Waals surface area contributed by atoms with Crippen molar-refractivity contribution in [2.75, 3.05) is 14.2 Å². The molecule has 3 aromatic rings. The molecule has 6 nitrogen and oxygen atoms in total. The number of para-hydroxylation sites is 1. The molecule has 140 valence electrons. The Balaban J connectivity index is 2.38. The van der Waals surface area contributed by atoms with Gasteiger partial charge in [0, 0.05) is 7.05 Å². The first-order valence-electron chi connectivity index (χ1n) is 8.38. The molecular weight excluding hydrogens is 374 g/mol. The predicted molar refractivity (Wildman–Crippen MR) is 109 cm³/mol. The van der Waals surface area contributed by atoms with Gasteiger partial charge in [0.05, 0.1) is 17.3 Å². The molecule has 1 aromatic heterocycles. The van der Waals surface area contributed by atoms with E-state index in [9.17, 15) is 14.9 Å². The highest BCUT2D eigenvalue weighted by Crippen LogP contribution is 2.13. The number of hydrogen-bond acceptors (Lipinski definition) is 5. The van der Waals surface area contributed by atoms with Crippen molar-refractivity contribution in [3.8, 4) is 17.5 Å². The van der Waals surface area contributed by atoms with Gasteiger partial charge in [-0.3, -0.25) is 14.2 Å². The summed E-state index contributed by atoms with van der Waals surface area (Å²) in [6, 6.07) is 18.1. The second-order valence-electron chi connectivity index (χ2n) is 5.73. The van der Waals surface area contributed by atoms with Crippen molar-refractivity contribution in [3.63, 3.8) is 0 Å². The van der Waals surface area contributed by atoms with Crippen molar-refractivity contribution in [1.29, 1.82) is 5.26 Å². The van der Waals surface area contributed by atoms with Crippen LogP contribution in [0.1, 0.15) is 5.56 Å². The average Bonchev–Trinajstić information content (AvgIpc) is 3.04. The number of rotatable bonds is 4. The topological polar surface area (TPSA) is 84.1 Å². The van der Waals surface area contributed by atoms with Crippen LogP contribution in [0.5, 0.6) is 5.75 Å². The number of amides is 1. The first kappa shape index (κ1) is 19.1. The third kappa shape index (κ3) is 3.72. The number of carbonyl (C=O) groups excluding carboxylic acids is 1. The molecule has 0 atom stereocenters. The molecule has 0 spiro atoms. The number of benzene rings is 2. The van der Waals surface area contributed by atoms with Crippen LogP contribution in [-0.2, 0) is 4.79 Å². The highest BCUT2D eigenvalue weighted by Gasteiger charge is 2.15. The van der Waals surface area contributed by atoms with E-state index in [2.05, 4.69) is 5.32 Å². The van der Waals surface area contributed by atoms with E-state index < -0.39 is 5.91 Å². The number of methoxy groups -OCH3 is 1. The summed E-state index contributed by atoms with van der Waals surface area (Å²) >= 11 is 1.10. The van der Waals surface area contributed by atoms with Crippen LogP contribution in [0.15, 0.2) is 59.4 Å². The minimum atomic E-state index is -0.540. The number of carbonyl (C=O) groups is 1. The lowest BCUT2D eigenvalue weighted by Gasteiger charge is -2.03. The van der Waals surface area contributed by atoms with E-state index in [0.717, 1.165) is 16.9 Å². The molecule has 1 amide bonds. The second-order valence-corrected chi connectivity index (χ2v) is 6.77. The van der Waals surface area contributed by atoms with Crippen LogP contribution in [-0.4, -0.2) is 24.6 Å². The maximum absolute atomic E-state index is 13.1. The van der Waals surface area contributed by atoms with Crippen LogP contribution in [0, 0.1) is 11.3 Å². The Morgan fingerprint density at radius 1 is 1.21 bits per heavy atom. The number of hydrogen-bond donors (Lipinski definition) is 1. The van der Waals surface area contributed by atoms with E-state index in [4.69, 9.17) is 4.74 Å². The van der Waals surface area contributed by atoms with Crippen molar-refractivity contribution in [2.45, 2.75) is 0 Å². The van der Waals surface area contributed by atoms with E-state index in [1.807, 2.05) is 30.3 Å². The highest BCUT2D eigenvalue weighted by atomic mass is 32.1. The van der Waals surface area contributed by atoms with Gasteiger partial charge in [-0.2, -0.15) is 5.26 Å². The van der Waals surface area contributed by atoms with Gasteiger partial charge in [0.1, 0.15) is 16.5 Å². The number of ether oxygens (including phenoxy) is 1. The zero-order valence-electron chi connectivity index (χ0n) is 15.3. The van der Waals surface area contributed by atoms with Crippen molar-refractivity contribution in [2.24, 2.45) is 0 Å². The maximum Gasteiger partial charge on any atom is 0.273 e. The summed E-state index contributed by atoms with van der Waals surface area (Å²) in [5.41, 5.74) is 0.952. The largest absolute Gasteiger partial charge is 0.497 e. The molecule has 0 aliphatic heterocycles. The Hall–Kier alpha value is -3.63. The molecule has 2 aromatic carbocycles. The molecule has 1 heterocycles. The van der Waals surface area contributed by atoms with Gasteiger partial charge in [0.15, 0.2) is 5.57 Å². The molecule has 3 rings (SSSR count). The number of nitriles is 1. The van der Waals surface area contributed by atoms with Gasteiger partial charge in [0.2, 0.25) is 0 Å². The molecule has 0 aliphatic carbocycles. The third-order valence-electron chi connectivity index (χ3n) is 4.01. The van der Waals surface area contributed by atoms with Crippen molar-refractivity contribution in [3.05, 3.63) is 79.7 Å². The molecule has 28 heavy (non-hydrogen) atoms. The molecule has 1 N–H and O–H groups in total. The van der Waals surface area contributed by atoms with Crippen molar-refractivity contribution >= 4 is 28.9 Å². The smallest absolute Gasteiger partial charge is 0.273 e. The minimum Gasteiger partial charge on any atom is -0.497 e. The molecule has 0 saturated heterocycles. The summed E-state index contributed by atoms with van der Waals surface area (Å²) in [4.78, 5) is 25.3. The lowest BCUT2D eigenvalue weighted by molar-refractivity contribution is -0.115. The van der Waals surface area contributed by atoms with E-state index in [1.165, 1.54) is 11.6 Å². The predicted octanol–water partition coefficient (Wildman–Crippen LogP) is 1.16. The van der Waals surface area contributed by atoms with Crippen molar-refractivity contribution in [1.82, 2.24) is 9.88 Å².